The number of carbonyl (C=O) groups is 1. The van der Waals surface area contributed by atoms with Gasteiger partial charge >= 0.3 is 5.97 Å². The zero-order valence-corrected chi connectivity index (χ0v) is 12.2. The predicted molar refractivity (Wildman–Crippen MR) is 75.0 cm³/mol. The minimum Gasteiger partial charge on any atom is -0.476 e. The Hall–Kier alpha value is -1.47. The largest absolute Gasteiger partial charge is 0.476 e. The van der Waals surface area contributed by atoms with Gasteiger partial charge in [0, 0.05) is 12.5 Å². The molecule has 1 aliphatic rings. The fourth-order valence-electron chi connectivity index (χ4n) is 2.67. The number of hydrogen-bond acceptors (Lipinski definition) is 5. The Morgan fingerprint density at radius 3 is 2.75 bits per heavy atom. The summed E-state index contributed by atoms with van der Waals surface area (Å²) in [4.78, 5) is 13.4. The van der Waals surface area contributed by atoms with Crippen LogP contribution in [0.2, 0.25) is 0 Å². The van der Waals surface area contributed by atoms with Crippen molar-refractivity contribution in [2.24, 2.45) is 0 Å². The number of aromatic nitrogens is 3. The van der Waals surface area contributed by atoms with E-state index in [1.807, 2.05) is 14.1 Å². The van der Waals surface area contributed by atoms with Crippen molar-refractivity contribution in [1.29, 1.82) is 0 Å². The van der Waals surface area contributed by atoms with Gasteiger partial charge in [-0.15, -0.1) is 5.10 Å². The van der Waals surface area contributed by atoms with Gasteiger partial charge in [0.05, 0.1) is 5.69 Å². The molecule has 2 rings (SSSR count). The van der Waals surface area contributed by atoms with Crippen molar-refractivity contribution in [3.05, 3.63) is 11.4 Å². The van der Waals surface area contributed by atoms with Gasteiger partial charge in [0.15, 0.2) is 5.69 Å². The average molecular weight is 281 g/mol. The smallest absolute Gasteiger partial charge is 0.358 e. The second-order valence-corrected chi connectivity index (χ2v) is 5.53. The summed E-state index contributed by atoms with van der Waals surface area (Å²) in [5.41, 5.74) is 0.930. The lowest BCUT2D eigenvalue weighted by Crippen LogP contribution is -2.29. The molecule has 0 radical (unpaired) electrons. The SMILES string of the molecule is CN(C)CCCn1nnc(C(=O)O)c1C1CCNCC1. The number of carboxylic acids is 1. The van der Waals surface area contributed by atoms with Crippen molar-refractivity contribution in [1.82, 2.24) is 25.2 Å². The maximum Gasteiger partial charge on any atom is 0.358 e. The first-order valence-electron chi connectivity index (χ1n) is 7.11. The van der Waals surface area contributed by atoms with Crippen molar-refractivity contribution in [2.75, 3.05) is 33.7 Å². The maximum atomic E-state index is 11.3. The van der Waals surface area contributed by atoms with Crippen molar-refractivity contribution >= 4 is 5.97 Å². The lowest BCUT2D eigenvalue weighted by atomic mass is 9.93. The fraction of sp³-hybridized carbons (Fsp3) is 0.769. The van der Waals surface area contributed by atoms with E-state index in [-0.39, 0.29) is 11.6 Å². The molecule has 1 aromatic rings. The maximum absolute atomic E-state index is 11.3. The van der Waals surface area contributed by atoms with Crippen molar-refractivity contribution in [3.63, 3.8) is 0 Å². The molecule has 0 aromatic carbocycles. The third-order valence-corrected chi connectivity index (χ3v) is 3.68. The van der Waals surface area contributed by atoms with Crippen LogP contribution in [-0.2, 0) is 6.54 Å². The highest BCUT2D eigenvalue weighted by Crippen LogP contribution is 2.27. The summed E-state index contributed by atoms with van der Waals surface area (Å²) >= 11 is 0. The highest BCUT2D eigenvalue weighted by atomic mass is 16.4. The Morgan fingerprint density at radius 1 is 1.45 bits per heavy atom. The van der Waals surface area contributed by atoms with Gasteiger partial charge in [-0.05, 0) is 53.0 Å². The minimum absolute atomic E-state index is 0.127. The zero-order valence-electron chi connectivity index (χ0n) is 12.2. The number of aryl methyl sites for hydroxylation is 1. The van der Waals surface area contributed by atoms with Crippen LogP contribution in [0.15, 0.2) is 0 Å². The van der Waals surface area contributed by atoms with E-state index in [4.69, 9.17) is 0 Å². The number of aromatic carboxylic acids is 1. The Labute approximate surface area is 119 Å². The van der Waals surface area contributed by atoms with E-state index < -0.39 is 5.97 Å². The molecule has 7 nitrogen and oxygen atoms in total. The summed E-state index contributed by atoms with van der Waals surface area (Å²) in [5.74, 6) is -0.728. The Kier molecular flexibility index (Phi) is 5.08. The summed E-state index contributed by atoms with van der Waals surface area (Å²) in [5, 5.41) is 20.5. The molecule has 0 spiro atoms. The van der Waals surface area contributed by atoms with E-state index in [2.05, 4.69) is 20.5 Å². The molecule has 20 heavy (non-hydrogen) atoms. The van der Waals surface area contributed by atoms with Gasteiger partial charge in [-0.1, -0.05) is 5.21 Å². The molecule has 1 fully saturated rings. The summed E-state index contributed by atoms with van der Waals surface area (Å²) in [6.45, 7) is 3.52. The van der Waals surface area contributed by atoms with E-state index >= 15 is 0 Å². The molecule has 0 bridgehead atoms. The molecule has 0 saturated carbocycles. The fourth-order valence-corrected chi connectivity index (χ4v) is 2.67. The monoisotopic (exact) mass is 281 g/mol. The molecule has 0 amide bonds. The van der Waals surface area contributed by atoms with E-state index in [1.165, 1.54) is 0 Å². The van der Waals surface area contributed by atoms with E-state index in [0.717, 1.165) is 51.1 Å². The number of piperidine rings is 1. The van der Waals surface area contributed by atoms with Gasteiger partial charge in [-0.3, -0.25) is 0 Å². The molecular weight excluding hydrogens is 258 g/mol. The standard InChI is InChI=1S/C13H23N5O2/c1-17(2)8-3-9-18-12(10-4-6-14-7-5-10)11(13(19)20)15-16-18/h10,14H,3-9H2,1-2H3,(H,19,20). The molecule has 7 heteroatoms. The Balaban J connectivity index is 2.15. The first-order chi connectivity index (χ1) is 9.59. The number of hydrogen-bond donors (Lipinski definition) is 2. The van der Waals surface area contributed by atoms with Gasteiger partial charge in [0.1, 0.15) is 0 Å². The average Bonchev–Trinajstić information content (AvgIpc) is 2.83. The van der Waals surface area contributed by atoms with Gasteiger partial charge in [-0.2, -0.15) is 0 Å². The number of rotatable bonds is 6. The molecule has 0 unspecified atom stereocenters. The van der Waals surface area contributed by atoms with E-state index in [0.29, 0.717) is 0 Å². The lowest BCUT2D eigenvalue weighted by molar-refractivity contribution is 0.0688. The normalized spacial score (nSPS) is 16.8. The van der Waals surface area contributed by atoms with Crippen LogP contribution in [0.3, 0.4) is 0 Å². The van der Waals surface area contributed by atoms with Crippen LogP contribution in [0, 0.1) is 0 Å². The molecule has 1 aromatic heterocycles. The molecular formula is C13H23N5O2. The molecule has 2 heterocycles. The van der Waals surface area contributed by atoms with Crippen LogP contribution in [0.1, 0.15) is 41.4 Å². The molecule has 1 aliphatic heterocycles. The van der Waals surface area contributed by atoms with Crippen LogP contribution in [0.5, 0.6) is 0 Å². The van der Waals surface area contributed by atoms with Crippen LogP contribution in [-0.4, -0.2) is 64.7 Å². The van der Waals surface area contributed by atoms with Crippen molar-refractivity contribution in [3.8, 4) is 0 Å². The highest BCUT2D eigenvalue weighted by Gasteiger charge is 2.27. The summed E-state index contributed by atoms with van der Waals surface area (Å²) < 4.78 is 1.79. The number of nitrogens with one attached hydrogen (secondary N) is 1. The van der Waals surface area contributed by atoms with Gasteiger partial charge in [-0.25, -0.2) is 9.48 Å². The van der Waals surface area contributed by atoms with E-state index in [9.17, 15) is 9.90 Å². The summed E-state index contributed by atoms with van der Waals surface area (Å²) in [6, 6.07) is 0. The van der Waals surface area contributed by atoms with Crippen LogP contribution < -0.4 is 5.32 Å². The van der Waals surface area contributed by atoms with Crippen LogP contribution >= 0.6 is 0 Å². The third-order valence-electron chi connectivity index (χ3n) is 3.68. The molecule has 1 saturated heterocycles. The zero-order chi connectivity index (χ0) is 14.5. The van der Waals surface area contributed by atoms with Crippen molar-refractivity contribution < 1.29 is 9.90 Å². The summed E-state index contributed by atoms with van der Waals surface area (Å²) in [7, 11) is 4.05. The molecule has 112 valence electrons. The predicted octanol–water partition coefficient (Wildman–Crippen LogP) is 0.395. The Morgan fingerprint density at radius 2 is 2.15 bits per heavy atom. The highest BCUT2D eigenvalue weighted by molar-refractivity contribution is 5.86. The molecule has 0 aliphatic carbocycles. The quantitative estimate of drug-likeness (QED) is 0.785. The van der Waals surface area contributed by atoms with Crippen LogP contribution in [0.25, 0.3) is 0 Å². The second kappa shape index (κ2) is 6.81. The van der Waals surface area contributed by atoms with Gasteiger partial charge in [0.25, 0.3) is 0 Å². The summed E-state index contributed by atoms with van der Waals surface area (Å²) in [6.07, 6.45) is 2.83. The van der Waals surface area contributed by atoms with Crippen molar-refractivity contribution in [2.45, 2.75) is 31.7 Å². The first kappa shape index (κ1) is 14.9. The number of carboxylic acid groups (broad SMARTS) is 1. The first-order valence-corrected chi connectivity index (χ1v) is 7.11. The Bertz CT molecular complexity index is 452. The number of nitrogens with zero attached hydrogens (tertiary/aromatic N) is 4. The molecule has 2 N–H and O–H groups in total. The molecule has 0 atom stereocenters. The van der Waals surface area contributed by atoms with Crippen LogP contribution in [0.4, 0.5) is 0 Å². The third kappa shape index (κ3) is 3.55. The van der Waals surface area contributed by atoms with Gasteiger partial charge < -0.3 is 15.3 Å². The second-order valence-electron chi connectivity index (χ2n) is 5.53. The lowest BCUT2D eigenvalue weighted by Gasteiger charge is -2.23. The minimum atomic E-state index is -0.975. The topological polar surface area (TPSA) is 83.3 Å². The van der Waals surface area contributed by atoms with E-state index in [1.54, 1.807) is 4.68 Å². The van der Waals surface area contributed by atoms with Gasteiger partial charge in [0.2, 0.25) is 0 Å².